The molecule has 90 valence electrons. The Kier molecular flexibility index (Phi) is 3.75. The second-order valence-electron chi connectivity index (χ2n) is 4.45. The molecule has 0 spiro atoms. The van der Waals surface area contributed by atoms with E-state index >= 15 is 0 Å². The van der Waals surface area contributed by atoms with Crippen molar-refractivity contribution < 1.29 is 5.11 Å². The van der Waals surface area contributed by atoms with Gasteiger partial charge < -0.3 is 5.11 Å². The van der Waals surface area contributed by atoms with Crippen LogP contribution in [0.5, 0.6) is 0 Å². The summed E-state index contributed by atoms with van der Waals surface area (Å²) in [4.78, 5) is 4.54. The average Bonchev–Trinajstić information content (AvgIpc) is 2.39. The summed E-state index contributed by atoms with van der Waals surface area (Å²) >= 11 is 0. The van der Waals surface area contributed by atoms with Crippen LogP contribution in [-0.2, 0) is 0 Å². The van der Waals surface area contributed by atoms with Crippen molar-refractivity contribution in [3.8, 4) is 0 Å². The second-order valence-corrected chi connectivity index (χ2v) is 4.45. The van der Waals surface area contributed by atoms with Crippen LogP contribution in [0.2, 0.25) is 0 Å². The van der Waals surface area contributed by atoms with Gasteiger partial charge in [0.2, 0.25) is 0 Å². The molecule has 2 aromatic rings. The summed E-state index contributed by atoms with van der Waals surface area (Å²) in [6.45, 7) is 4.22. The van der Waals surface area contributed by atoms with Crippen LogP contribution in [0.15, 0.2) is 36.4 Å². The average molecular weight is 229 g/mol. The Labute approximate surface area is 102 Å². The minimum atomic E-state index is -0.449. The summed E-state index contributed by atoms with van der Waals surface area (Å²) < 4.78 is 0. The molecule has 1 heterocycles. The highest BCUT2D eigenvalue weighted by Crippen LogP contribution is 2.27. The summed E-state index contributed by atoms with van der Waals surface area (Å²) in [5.74, 6) is 0.295. The molecule has 2 nitrogen and oxygen atoms in total. The lowest BCUT2D eigenvalue weighted by molar-refractivity contribution is 0.0995. The van der Waals surface area contributed by atoms with E-state index in [0.29, 0.717) is 5.92 Å². The van der Waals surface area contributed by atoms with Gasteiger partial charge in [-0.3, -0.25) is 4.98 Å². The number of aliphatic hydroxyl groups excluding tert-OH is 1. The van der Waals surface area contributed by atoms with E-state index in [-0.39, 0.29) is 0 Å². The monoisotopic (exact) mass is 229 g/mol. The molecular weight excluding hydrogens is 210 g/mol. The first-order valence-corrected chi connectivity index (χ1v) is 6.30. The number of rotatable bonds is 4. The number of nitrogens with zero attached hydrogens (tertiary/aromatic N) is 1. The molecule has 2 rings (SSSR count). The Bertz CT molecular complexity index is 491. The lowest BCUT2D eigenvalue weighted by Gasteiger charge is -2.19. The van der Waals surface area contributed by atoms with Crippen molar-refractivity contribution in [3.05, 3.63) is 42.1 Å². The molecule has 0 saturated heterocycles. The third-order valence-corrected chi connectivity index (χ3v) is 3.42. The molecule has 1 N–H and O–H groups in total. The van der Waals surface area contributed by atoms with Crippen LogP contribution < -0.4 is 0 Å². The Hall–Kier alpha value is -1.41. The summed E-state index contributed by atoms with van der Waals surface area (Å²) in [5.41, 5.74) is 1.74. The van der Waals surface area contributed by atoms with E-state index in [1.807, 2.05) is 36.4 Å². The fourth-order valence-electron chi connectivity index (χ4n) is 2.22. The molecule has 0 radical (unpaired) electrons. The highest BCUT2D eigenvalue weighted by molar-refractivity contribution is 5.78. The van der Waals surface area contributed by atoms with Gasteiger partial charge in [0.15, 0.2) is 0 Å². The van der Waals surface area contributed by atoms with Gasteiger partial charge in [0, 0.05) is 5.39 Å². The highest BCUT2D eigenvalue weighted by atomic mass is 16.3. The Balaban J connectivity index is 2.35. The maximum absolute atomic E-state index is 10.3. The highest BCUT2D eigenvalue weighted by Gasteiger charge is 2.18. The number of pyridine rings is 1. The van der Waals surface area contributed by atoms with Gasteiger partial charge in [-0.2, -0.15) is 0 Å². The van der Waals surface area contributed by atoms with Crippen molar-refractivity contribution >= 4 is 10.9 Å². The van der Waals surface area contributed by atoms with Crippen LogP contribution in [0.1, 0.15) is 38.5 Å². The van der Waals surface area contributed by atoms with Crippen LogP contribution in [0.25, 0.3) is 10.9 Å². The first kappa shape index (κ1) is 12.1. The SMILES string of the molecule is CCC(CC)C(O)c1ccc2ccccc2n1. The van der Waals surface area contributed by atoms with Crippen LogP contribution in [0.4, 0.5) is 0 Å². The van der Waals surface area contributed by atoms with E-state index in [0.717, 1.165) is 29.4 Å². The quantitative estimate of drug-likeness (QED) is 0.867. The van der Waals surface area contributed by atoms with Gasteiger partial charge in [0.1, 0.15) is 0 Å². The van der Waals surface area contributed by atoms with Gasteiger partial charge in [-0.15, -0.1) is 0 Å². The van der Waals surface area contributed by atoms with Crippen LogP contribution in [-0.4, -0.2) is 10.1 Å². The Morgan fingerprint density at radius 1 is 1.06 bits per heavy atom. The zero-order valence-corrected chi connectivity index (χ0v) is 10.4. The lowest BCUT2D eigenvalue weighted by atomic mass is 9.94. The molecular formula is C15H19NO. The molecule has 0 saturated carbocycles. The van der Waals surface area contributed by atoms with Crippen molar-refractivity contribution in [1.82, 2.24) is 4.98 Å². The molecule has 0 amide bonds. The summed E-state index contributed by atoms with van der Waals surface area (Å²) in [6.07, 6.45) is 1.51. The molecule has 1 aromatic carbocycles. The predicted molar refractivity (Wildman–Crippen MR) is 70.8 cm³/mol. The van der Waals surface area contributed by atoms with E-state index < -0.39 is 6.10 Å². The normalized spacial score (nSPS) is 13.2. The van der Waals surface area contributed by atoms with Crippen LogP contribution in [0, 0.1) is 5.92 Å². The van der Waals surface area contributed by atoms with Crippen molar-refractivity contribution in [1.29, 1.82) is 0 Å². The van der Waals surface area contributed by atoms with Gasteiger partial charge in [-0.25, -0.2) is 0 Å². The van der Waals surface area contributed by atoms with Crippen molar-refractivity contribution in [2.24, 2.45) is 5.92 Å². The topological polar surface area (TPSA) is 33.1 Å². The maximum Gasteiger partial charge on any atom is 0.0987 e. The van der Waals surface area contributed by atoms with E-state index in [1.54, 1.807) is 0 Å². The number of benzene rings is 1. The van der Waals surface area contributed by atoms with Crippen molar-refractivity contribution in [2.75, 3.05) is 0 Å². The number of para-hydroxylation sites is 1. The molecule has 2 heteroatoms. The standard InChI is InChI=1S/C15H19NO/c1-3-11(4-2)15(17)14-10-9-12-7-5-6-8-13(12)16-14/h5-11,15,17H,3-4H2,1-2H3. The smallest absolute Gasteiger partial charge is 0.0987 e. The minimum absolute atomic E-state index is 0.295. The van der Waals surface area contributed by atoms with E-state index in [2.05, 4.69) is 18.8 Å². The summed E-state index contributed by atoms with van der Waals surface area (Å²) in [6, 6.07) is 12.0. The first-order valence-electron chi connectivity index (χ1n) is 6.30. The number of aromatic nitrogens is 1. The molecule has 0 aliphatic rings. The van der Waals surface area contributed by atoms with Gasteiger partial charge in [0.05, 0.1) is 17.3 Å². The van der Waals surface area contributed by atoms with Crippen LogP contribution >= 0.6 is 0 Å². The number of fused-ring (bicyclic) bond motifs is 1. The predicted octanol–water partition coefficient (Wildman–Crippen LogP) is 3.70. The van der Waals surface area contributed by atoms with Gasteiger partial charge >= 0.3 is 0 Å². The molecule has 0 aliphatic carbocycles. The van der Waals surface area contributed by atoms with E-state index in [9.17, 15) is 5.11 Å². The van der Waals surface area contributed by atoms with Crippen LogP contribution in [0.3, 0.4) is 0 Å². The fraction of sp³-hybridized carbons (Fsp3) is 0.400. The zero-order chi connectivity index (χ0) is 12.3. The van der Waals surface area contributed by atoms with Crippen molar-refractivity contribution in [2.45, 2.75) is 32.8 Å². The number of aliphatic hydroxyl groups is 1. The fourth-order valence-corrected chi connectivity index (χ4v) is 2.22. The third kappa shape index (κ3) is 2.47. The summed E-state index contributed by atoms with van der Waals surface area (Å²) in [7, 11) is 0. The Morgan fingerprint density at radius 2 is 1.76 bits per heavy atom. The third-order valence-electron chi connectivity index (χ3n) is 3.42. The molecule has 0 aliphatic heterocycles. The van der Waals surface area contributed by atoms with Gasteiger partial charge in [-0.05, 0) is 18.1 Å². The molecule has 1 aromatic heterocycles. The first-order chi connectivity index (χ1) is 8.26. The van der Waals surface area contributed by atoms with E-state index in [1.165, 1.54) is 0 Å². The largest absolute Gasteiger partial charge is 0.387 e. The second kappa shape index (κ2) is 5.28. The van der Waals surface area contributed by atoms with Gasteiger partial charge in [0.25, 0.3) is 0 Å². The van der Waals surface area contributed by atoms with Gasteiger partial charge in [-0.1, -0.05) is 51.0 Å². The molecule has 17 heavy (non-hydrogen) atoms. The Morgan fingerprint density at radius 3 is 2.47 bits per heavy atom. The minimum Gasteiger partial charge on any atom is -0.387 e. The lowest BCUT2D eigenvalue weighted by Crippen LogP contribution is -2.12. The number of hydrogen-bond donors (Lipinski definition) is 1. The molecule has 0 fully saturated rings. The number of hydrogen-bond acceptors (Lipinski definition) is 2. The summed E-state index contributed by atoms with van der Waals surface area (Å²) in [5, 5.41) is 11.4. The maximum atomic E-state index is 10.3. The molecule has 1 unspecified atom stereocenters. The zero-order valence-electron chi connectivity index (χ0n) is 10.4. The molecule has 1 atom stereocenters. The molecule has 0 bridgehead atoms. The van der Waals surface area contributed by atoms with Crippen molar-refractivity contribution in [3.63, 3.8) is 0 Å². The van der Waals surface area contributed by atoms with E-state index in [4.69, 9.17) is 0 Å².